The van der Waals surface area contributed by atoms with Crippen LogP contribution in [-0.4, -0.2) is 71.2 Å². The van der Waals surface area contributed by atoms with E-state index in [1.807, 2.05) is 12.1 Å². The van der Waals surface area contributed by atoms with E-state index in [-0.39, 0.29) is 48.6 Å². The zero-order chi connectivity index (χ0) is 26.8. The number of amides is 3. The minimum Gasteiger partial charge on any atom is -0.335 e. The SMILES string of the molecule is CN(C(=O)n1cc(C(=O)C(=O)N2CCN(C(=O)c3ccccc3)CC2)c2c(F)cccc21)c1ccccc1. The maximum atomic E-state index is 15.0. The number of Topliss-reactive ketones (excluding diaryl/α,β-unsaturated/α-hetero) is 1. The van der Waals surface area contributed by atoms with E-state index in [2.05, 4.69) is 0 Å². The number of benzene rings is 3. The minimum absolute atomic E-state index is 0.0847. The van der Waals surface area contributed by atoms with Crippen LogP contribution in [0, 0.1) is 5.82 Å². The summed E-state index contributed by atoms with van der Waals surface area (Å²) in [5, 5.41) is -0.0847. The lowest BCUT2D eigenvalue weighted by atomic mass is 10.1. The van der Waals surface area contributed by atoms with Gasteiger partial charge in [-0.3, -0.25) is 23.9 Å². The van der Waals surface area contributed by atoms with Gasteiger partial charge in [-0.2, -0.15) is 0 Å². The minimum atomic E-state index is -0.906. The van der Waals surface area contributed by atoms with Crippen molar-refractivity contribution in [3.8, 4) is 0 Å². The van der Waals surface area contributed by atoms with E-state index in [9.17, 15) is 23.6 Å². The van der Waals surface area contributed by atoms with E-state index in [1.165, 1.54) is 38.8 Å². The van der Waals surface area contributed by atoms with Crippen LogP contribution >= 0.6 is 0 Å². The van der Waals surface area contributed by atoms with Crippen LogP contribution in [0.25, 0.3) is 10.9 Å². The number of piperazine rings is 1. The molecule has 1 aliphatic rings. The second kappa shape index (κ2) is 10.3. The second-order valence-electron chi connectivity index (χ2n) is 9.00. The highest BCUT2D eigenvalue weighted by Gasteiger charge is 2.32. The van der Waals surface area contributed by atoms with E-state index in [0.717, 1.165) is 0 Å². The van der Waals surface area contributed by atoms with E-state index < -0.39 is 23.5 Å². The largest absolute Gasteiger partial charge is 0.335 e. The molecule has 1 aromatic heterocycles. The molecule has 0 aliphatic carbocycles. The summed E-state index contributed by atoms with van der Waals surface area (Å²) in [6.45, 7) is 0.867. The zero-order valence-electron chi connectivity index (χ0n) is 20.7. The number of hydrogen-bond donors (Lipinski definition) is 0. The first-order chi connectivity index (χ1) is 18.4. The maximum Gasteiger partial charge on any atom is 0.332 e. The predicted molar refractivity (Wildman–Crippen MR) is 141 cm³/mol. The second-order valence-corrected chi connectivity index (χ2v) is 9.00. The first kappa shape index (κ1) is 24.9. The van der Waals surface area contributed by atoms with E-state index in [0.29, 0.717) is 11.3 Å². The van der Waals surface area contributed by atoms with Gasteiger partial charge in [-0.05, 0) is 36.4 Å². The summed E-state index contributed by atoms with van der Waals surface area (Å²) in [6, 6.07) is 21.4. The number of ketones is 1. The third-order valence-corrected chi connectivity index (χ3v) is 6.73. The number of carbonyl (C=O) groups excluding carboxylic acids is 4. The van der Waals surface area contributed by atoms with Gasteiger partial charge in [0, 0.05) is 56.1 Å². The van der Waals surface area contributed by atoms with E-state index >= 15 is 0 Å². The Morgan fingerprint density at radius 3 is 2.03 bits per heavy atom. The fraction of sp³-hybridized carbons (Fsp3) is 0.172. The van der Waals surface area contributed by atoms with Crippen LogP contribution in [0.1, 0.15) is 20.7 Å². The molecular formula is C29H25FN4O4. The molecule has 3 aromatic carbocycles. The maximum absolute atomic E-state index is 15.0. The molecule has 4 aromatic rings. The van der Waals surface area contributed by atoms with Gasteiger partial charge >= 0.3 is 6.03 Å². The number of carbonyl (C=O) groups is 4. The summed E-state index contributed by atoms with van der Waals surface area (Å²) < 4.78 is 16.1. The van der Waals surface area contributed by atoms with Gasteiger partial charge in [0.15, 0.2) is 0 Å². The number of para-hydroxylation sites is 1. The van der Waals surface area contributed by atoms with Crippen LogP contribution in [0.2, 0.25) is 0 Å². The molecule has 1 aliphatic heterocycles. The van der Waals surface area contributed by atoms with Gasteiger partial charge < -0.3 is 9.80 Å². The lowest BCUT2D eigenvalue weighted by molar-refractivity contribution is -0.127. The van der Waals surface area contributed by atoms with Crippen LogP contribution in [-0.2, 0) is 4.79 Å². The highest BCUT2D eigenvalue weighted by Crippen LogP contribution is 2.27. The lowest BCUT2D eigenvalue weighted by Gasteiger charge is -2.34. The molecule has 0 spiro atoms. The zero-order valence-corrected chi connectivity index (χ0v) is 20.7. The molecule has 192 valence electrons. The van der Waals surface area contributed by atoms with Gasteiger partial charge in [0.2, 0.25) is 0 Å². The summed E-state index contributed by atoms with van der Waals surface area (Å²) in [6.07, 6.45) is 1.23. The first-order valence-corrected chi connectivity index (χ1v) is 12.2. The molecule has 8 nitrogen and oxygen atoms in total. The highest BCUT2D eigenvalue weighted by atomic mass is 19.1. The van der Waals surface area contributed by atoms with Crippen molar-refractivity contribution in [3.63, 3.8) is 0 Å². The van der Waals surface area contributed by atoms with Crippen molar-refractivity contribution in [2.24, 2.45) is 0 Å². The Morgan fingerprint density at radius 1 is 0.763 bits per heavy atom. The molecule has 0 unspecified atom stereocenters. The summed E-state index contributed by atoms with van der Waals surface area (Å²) >= 11 is 0. The molecule has 0 saturated carbocycles. The van der Waals surface area contributed by atoms with E-state index in [1.54, 1.807) is 60.5 Å². The lowest BCUT2D eigenvalue weighted by Crippen LogP contribution is -2.52. The topological polar surface area (TPSA) is 82.9 Å². The molecule has 2 heterocycles. The molecule has 3 amide bonds. The molecule has 0 bridgehead atoms. The molecule has 1 saturated heterocycles. The van der Waals surface area contributed by atoms with Crippen LogP contribution < -0.4 is 4.90 Å². The number of nitrogens with zero attached hydrogens (tertiary/aromatic N) is 4. The Bertz CT molecular complexity index is 1530. The van der Waals surface area contributed by atoms with Gasteiger partial charge in [0.1, 0.15) is 5.82 Å². The van der Waals surface area contributed by atoms with Gasteiger partial charge in [-0.1, -0.05) is 42.5 Å². The van der Waals surface area contributed by atoms with Gasteiger partial charge in [-0.25, -0.2) is 9.18 Å². The fourth-order valence-corrected chi connectivity index (χ4v) is 4.63. The molecule has 1 fully saturated rings. The van der Waals surface area contributed by atoms with Gasteiger partial charge in [-0.15, -0.1) is 0 Å². The van der Waals surface area contributed by atoms with Crippen LogP contribution in [0.5, 0.6) is 0 Å². The van der Waals surface area contributed by atoms with Crippen LogP contribution in [0.15, 0.2) is 85.1 Å². The Balaban J connectivity index is 1.38. The van der Waals surface area contributed by atoms with Crippen molar-refractivity contribution in [3.05, 3.63) is 102 Å². The van der Waals surface area contributed by atoms with Gasteiger partial charge in [0.05, 0.1) is 11.1 Å². The average Bonchev–Trinajstić information content (AvgIpc) is 3.37. The average molecular weight is 513 g/mol. The smallest absolute Gasteiger partial charge is 0.332 e. The number of halogens is 1. The van der Waals surface area contributed by atoms with Crippen molar-refractivity contribution in [2.45, 2.75) is 0 Å². The standard InChI is InChI=1S/C29H25FN4O4/c1-31(21-11-6-3-7-12-21)29(38)34-19-22(25-23(30)13-8-14-24(25)34)26(35)28(37)33-17-15-32(16-18-33)27(36)20-9-4-2-5-10-20/h2-14,19H,15-18H2,1H3. The summed E-state index contributed by atoms with van der Waals surface area (Å²) in [5.41, 5.74) is 1.17. The quantitative estimate of drug-likeness (QED) is 0.305. The highest BCUT2D eigenvalue weighted by molar-refractivity contribution is 6.45. The summed E-state index contributed by atoms with van der Waals surface area (Å²) in [7, 11) is 1.58. The van der Waals surface area contributed by atoms with Crippen molar-refractivity contribution >= 4 is 40.2 Å². The first-order valence-electron chi connectivity index (χ1n) is 12.2. The number of rotatable bonds is 4. The molecule has 5 rings (SSSR count). The Labute approximate surface area is 218 Å². The van der Waals surface area contributed by atoms with Crippen LogP contribution in [0.4, 0.5) is 14.9 Å². The molecule has 0 radical (unpaired) electrons. The number of anilines is 1. The Kier molecular flexibility index (Phi) is 6.74. The third-order valence-electron chi connectivity index (χ3n) is 6.73. The van der Waals surface area contributed by atoms with Crippen molar-refractivity contribution in [1.82, 2.24) is 14.4 Å². The molecule has 38 heavy (non-hydrogen) atoms. The normalized spacial score (nSPS) is 13.4. The molecule has 0 N–H and O–H groups in total. The molecule has 0 atom stereocenters. The third kappa shape index (κ3) is 4.54. The molecular weight excluding hydrogens is 487 g/mol. The number of hydrogen-bond acceptors (Lipinski definition) is 4. The number of fused-ring (bicyclic) bond motifs is 1. The number of aromatic nitrogens is 1. The Morgan fingerprint density at radius 2 is 1.37 bits per heavy atom. The van der Waals surface area contributed by atoms with Crippen LogP contribution in [0.3, 0.4) is 0 Å². The predicted octanol–water partition coefficient (Wildman–Crippen LogP) is 4.05. The van der Waals surface area contributed by atoms with Crippen molar-refractivity contribution < 1.29 is 23.6 Å². The summed E-state index contributed by atoms with van der Waals surface area (Å²) in [4.78, 5) is 56.9. The van der Waals surface area contributed by atoms with Crippen molar-refractivity contribution in [1.29, 1.82) is 0 Å². The Hall–Kier alpha value is -4.79. The summed E-state index contributed by atoms with van der Waals surface area (Å²) in [5.74, 6) is -2.55. The van der Waals surface area contributed by atoms with Crippen molar-refractivity contribution in [2.75, 3.05) is 38.1 Å². The van der Waals surface area contributed by atoms with E-state index in [4.69, 9.17) is 0 Å². The fourth-order valence-electron chi connectivity index (χ4n) is 4.63. The monoisotopic (exact) mass is 512 g/mol. The van der Waals surface area contributed by atoms with Gasteiger partial charge in [0.25, 0.3) is 17.6 Å². The molecule has 9 heteroatoms.